The molecule has 0 aliphatic heterocycles. The number of sulfonamides is 1. The van der Waals surface area contributed by atoms with Crippen molar-refractivity contribution in [3.8, 4) is 0 Å². The van der Waals surface area contributed by atoms with Crippen molar-refractivity contribution in [2.45, 2.75) is 31.2 Å². The van der Waals surface area contributed by atoms with Crippen molar-refractivity contribution >= 4 is 10.0 Å². The van der Waals surface area contributed by atoms with Gasteiger partial charge in [0.15, 0.2) is 0 Å². The van der Waals surface area contributed by atoms with Crippen molar-refractivity contribution in [1.82, 2.24) is 15.2 Å². The van der Waals surface area contributed by atoms with Crippen LogP contribution in [0.4, 0.5) is 0 Å². The Morgan fingerprint density at radius 2 is 2.00 bits per heavy atom. The third kappa shape index (κ3) is 4.91. The highest BCUT2D eigenvalue weighted by molar-refractivity contribution is 7.89. The van der Waals surface area contributed by atoms with E-state index in [1.165, 1.54) is 5.01 Å². The van der Waals surface area contributed by atoms with Crippen LogP contribution in [0.25, 0.3) is 0 Å². The molecule has 19 heavy (non-hydrogen) atoms. The van der Waals surface area contributed by atoms with Crippen molar-refractivity contribution in [2.24, 2.45) is 0 Å². The van der Waals surface area contributed by atoms with E-state index in [4.69, 9.17) is 0 Å². The second kappa shape index (κ2) is 7.00. The van der Waals surface area contributed by atoms with Gasteiger partial charge in [0.05, 0.1) is 4.90 Å². The molecule has 5 nitrogen and oxygen atoms in total. The molecule has 1 aromatic rings. The lowest BCUT2D eigenvalue weighted by Crippen LogP contribution is -2.36. The molecule has 6 heteroatoms. The molecule has 0 aliphatic carbocycles. The van der Waals surface area contributed by atoms with E-state index in [-0.39, 0.29) is 10.9 Å². The Morgan fingerprint density at radius 3 is 2.58 bits per heavy atom. The van der Waals surface area contributed by atoms with Crippen LogP contribution in [0, 0.1) is 0 Å². The highest BCUT2D eigenvalue weighted by Crippen LogP contribution is 2.17. The summed E-state index contributed by atoms with van der Waals surface area (Å²) in [6.45, 7) is 5.04. The quantitative estimate of drug-likeness (QED) is 0.745. The van der Waals surface area contributed by atoms with Gasteiger partial charge < -0.3 is 5.32 Å². The van der Waals surface area contributed by atoms with Gasteiger partial charge in [-0.25, -0.2) is 13.4 Å². The summed E-state index contributed by atoms with van der Waals surface area (Å²) in [5.41, 5.74) is 0.968. The Balaban J connectivity index is 2.94. The van der Waals surface area contributed by atoms with Crippen molar-refractivity contribution in [1.29, 1.82) is 0 Å². The lowest BCUT2D eigenvalue weighted by atomic mass is 10.1. The van der Waals surface area contributed by atoms with Crippen LogP contribution in [0.2, 0.25) is 0 Å². The SMILES string of the molecule is CCCNC(C)c1cccc(S(=O)(=O)NN(C)C)c1. The van der Waals surface area contributed by atoms with Crippen LogP contribution in [0.1, 0.15) is 31.9 Å². The highest BCUT2D eigenvalue weighted by Gasteiger charge is 2.16. The first kappa shape index (κ1) is 16.1. The molecule has 0 amide bonds. The summed E-state index contributed by atoms with van der Waals surface area (Å²) in [6.07, 6.45) is 1.05. The zero-order valence-corrected chi connectivity index (χ0v) is 12.8. The van der Waals surface area contributed by atoms with E-state index < -0.39 is 10.0 Å². The van der Waals surface area contributed by atoms with Crippen LogP contribution in [0.5, 0.6) is 0 Å². The molecule has 0 aliphatic rings. The fourth-order valence-corrected chi connectivity index (χ4v) is 2.86. The number of nitrogens with zero attached hydrogens (tertiary/aromatic N) is 1. The Bertz CT molecular complexity index is 500. The van der Waals surface area contributed by atoms with Gasteiger partial charge in [0.2, 0.25) is 0 Å². The Hall–Kier alpha value is -0.950. The van der Waals surface area contributed by atoms with Crippen LogP contribution in [-0.2, 0) is 10.0 Å². The molecule has 0 bridgehead atoms. The smallest absolute Gasteiger partial charge is 0.253 e. The van der Waals surface area contributed by atoms with Crippen LogP contribution in [0.15, 0.2) is 29.2 Å². The van der Waals surface area contributed by atoms with Gasteiger partial charge in [-0.1, -0.05) is 19.1 Å². The van der Waals surface area contributed by atoms with E-state index >= 15 is 0 Å². The average molecular weight is 285 g/mol. The van der Waals surface area contributed by atoms with Crippen molar-refractivity contribution in [2.75, 3.05) is 20.6 Å². The van der Waals surface area contributed by atoms with Crippen molar-refractivity contribution in [3.63, 3.8) is 0 Å². The highest BCUT2D eigenvalue weighted by atomic mass is 32.2. The lowest BCUT2D eigenvalue weighted by molar-refractivity contribution is 0.364. The van der Waals surface area contributed by atoms with Gasteiger partial charge in [-0.05, 0) is 37.6 Å². The maximum Gasteiger partial charge on any atom is 0.253 e. The number of rotatable bonds is 7. The van der Waals surface area contributed by atoms with E-state index in [1.807, 2.05) is 13.0 Å². The van der Waals surface area contributed by atoms with E-state index in [1.54, 1.807) is 32.3 Å². The topological polar surface area (TPSA) is 61.4 Å². The first-order valence-electron chi connectivity index (χ1n) is 6.40. The molecule has 1 unspecified atom stereocenters. The maximum absolute atomic E-state index is 12.1. The minimum absolute atomic E-state index is 0.134. The summed E-state index contributed by atoms with van der Waals surface area (Å²) in [5.74, 6) is 0. The van der Waals surface area contributed by atoms with Crippen LogP contribution in [-0.4, -0.2) is 34.1 Å². The summed E-state index contributed by atoms with van der Waals surface area (Å²) in [5, 5.41) is 4.76. The first-order chi connectivity index (χ1) is 8.86. The molecule has 108 valence electrons. The lowest BCUT2D eigenvalue weighted by Gasteiger charge is -2.16. The Kier molecular flexibility index (Phi) is 5.93. The fraction of sp³-hybridized carbons (Fsp3) is 0.538. The standard InChI is InChI=1S/C13H23N3O2S/c1-5-9-14-11(2)12-7-6-8-13(10-12)19(17,18)15-16(3)4/h6-8,10-11,14-15H,5,9H2,1-4H3. The molecule has 0 fully saturated rings. The van der Waals surface area contributed by atoms with Gasteiger partial charge in [-0.2, -0.15) is 0 Å². The summed E-state index contributed by atoms with van der Waals surface area (Å²) >= 11 is 0. The van der Waals surface area contributed by atoms with E-state index in [0.29, 0.717) is 0 Å². The Morgan fingerprint density at radius 1 is 1.32 bits per heavy atom. The predicted molar refractivity (Wildman–Crippen MR) is 77.2 cm³/mol. The number of hydrazine groups is 1. The molecule has 0 radical (unpaired) electrons. The van der Waals surface area contributed by atoms with E-state index in [0.717, 1.165) is 18.5 Å². The van der Waals surface area contributed by atoms with Crippen molar-refractivity contribution < 1.29 is 8.42 Å². The van der Waals surface area contributed by atoms with Crippen molar-refractivity contribution in [3.05, 3.63) is 29.8 Å². The normalized spacial score (nSPS) is 13.7. The number of hydrogen-bond acceptors (Lipinski definition) is 4. The third-order valence-electron chi connectivity index (χ3n) is 2.67. The molecule has 0 heterocycles. The van der Waals surface area contributed by atoms with Crippen LogP contribution < -0.4 is 10.1 Å². The third-order valence-corrected chi connectivity index (χ3v) is 4.15. The number of hydrogen-bond donors (Lipinski definition) is 2. The minimum atomic E-state index is -3.49. The molecule has 0 saturated heterocycles. The molecule has 2 N–H and O–H groups in total. The largest absolute Gasteiger partial charge is 0.310 e. The second-order valence-corrected chi connectivity index (χ2v) is 6.40. The van der Waals surface area contributed by atoms with E-state index in [9.17, 15) is 8.42 Å². The van der Waals surface area contributed by atoms with Crippen LogP contribution in [0.3, 0.4) is 0 Å². The van der Waals surface area contributed by atoms with Gasteiger partial charge in [0.1, 0.15) is 0 Å². The minimum Gasteiger partial charge on any atom is -0.310 e. The Labute approximate surface area is 116 Å². The van der Waals surface area contributed by atoms with Gasteiger partial charge >= 0.3 is 0 Å². The van der Waals surface area contributed by atoms with Crippen LogP contribution >= 0.6 is 0 Å². The second-order valence-electron chi connectivity index (χ2n) is 4.74. The molecular formula is C13H23N3O2S. The zero-order valence-electron chi connectivity index (χ0n) is 12.0. The summed E-state index contributed by atoms with van der Waals surface area (Å²) in [4.78, 5) is 2.71. The molecular weight excluding hydrogens is 262 g/mol. The van der Waals surface area contributed by atoms with Gasteiger partial charge in [-0.15, -0.1) is 4.83 Å². The zero-order chi connectivity index (χ0) is 14.5. The van der Waals surface area contributed by atoms with Gasteiger partial charge in [-0.3, -0.25) is 0 Å². The molecule has 1 atom stereocenters. The average Bonchev–Trinajstić information content (AvgIpc) is 2.34. The summed E-state index contributed by atoms with van der Waals surface area (Å²) < 4.78 is 24.1. The molecule has 1 rings (SSSR count). The maximum atomic E-state index is 12.1. The van der Waals surface area contributed by atoms with Gasteiger partial charge in [0.25, 0.3) is 10.0 Å². The molecule has 0 aromatic heterocycles. The first-order valence-corrected chi connectivity index (χ1v) is 7.88. The number of benzene rings is 1. The van der Waals surface area contributed by atoms with E-state index in [2.05, 4.69) is 17.1 Å². The fourth-order valence-electron chi connectivity index (χ4n) is 1.72. The van der Waals surface area contributed by atoms with Gasteiger partial charge in [0, 0.05) is 20.1 Å². The summed E-state index contributed by atoms with van der Waals surface area (Å²) in [6, 6.07) is 7.14. The summed E-state index contributed by atoms with van der Waals surface area (Å²) in [7, 11) is -0.197. The molecule has 1 aromatic carbocycles. The molecule has 0 spiro atoms. The number of nitrogens with one attached hydrogen (secondary N) is 2. The monoisotopic (exact) mass is 285 g/mol. The molecule has 0 saturated carbocycles. The predicted octanol–water partition coefficient (Wildman–Crippen LogP) is 1.50.